The van der Waals surface area contributed by atoms with Crippen LogP contribution in [0.2, 0.25) is 0 Å². The van der Waals surface area contributed by atoms with E-state index in [0.29, 0.717) is 30.8 Å². The quantitative estimate of drug-likeness (QED) is 0.285. The number of aliphatic carboxylic acids is 1. The largest absolute Gasteiger partial charge is 0.480 e. The molecule has 174 valence electrons. The van der Waals surface area contributed by atoms with Gasteiger partial charge in [0, 0.05) is 37.7 Å². The molecule has 1 aromatic rings. The molecule has 1 fully saturated rings. The number of amides is 1. The summed E-state index contributed by atoms with van der Waals surface area (Å²) in [7, 11) is 0. The predicted molar refractivity (Wildman–Crippen MR) is 128 cm³/mol. The number of thiol groups is 1. The molecule has 0 aromatic heterocycles. The molecule has 1 unspecified atom stereocenters. The van der Waals surface area contributed by atoms with Crippen LogP contribution in [0.3, 0.4) is 0 Å². The first-order valence-electron chi connectivity index (χ1n) is 10.8. The number of hydrogen-bond acceptors (Lipinski definition) is 7. The SMILES string of the molecule is CSCC[C@@H](C(=O)O)N(OC(C[C@H](N)CS)N1CCCC1)C(=O)CCc1ccccc1. The van der Waals surface area contributed by atoms with E-state index >= 15 is 0 Å². The van der Waals surface area contributed by atoms with Crippen LogP contribution in [-0.2, 0) is 20.8 Å². The van der Waals surface area contributed by atoms with Crippen LogP contribution in [0.25, 0.3) is 0 Å². The number of carboxylic acid groups (broad SMARTS) is 1. The molecule has 1 aliphatic rings. The third-order valence-corrected chi connectivity index (χ3v) is 6.51. The van der Waals surface area contributed by atoms with Gasteiger partial charge in [0.1, 0.15) is 6.23 Å². The van der Waals surface area contributed by atoms with E-state index in [2.05, 4.69) is 17.5 Å². The van der Waals surface area contributed by atoms with Gasteiger partial charge in [0.2, 0.25) is 5.91 Å². The number of carbonyl (C=O) groups is 2. The van der Waals surface area contributed by atoms with Crippen LogP contribution in [0.15, 0.2) is 30.3 Å². The standard InChI is InChI=1S/C22H35N3O4S2/c1-31-14-11-19(22(27)28)25(20(26)10-9-17-7-3-2-4-8-17)29-21(15-18(23)16-30)24-12-5-6-13-24/h2-4,7-8,18-19,21,30H,5-6,9-16,23H2,1H3,(H,27,28)/t18-,19-,21?/m0/s1. The summed E-state index contributed by atoms with van der Waals surface area (Å²) in [4.78, 5) is 33.6. The number of benzene rings is 1. The van der Waals surface area contributed by atoms with Crippen molar-refractivity contribution in [3.63, 3.8) is 0 Å². The third kappa shape index (κ3) is 8.65. The number of carboxylic acids is 1. The molecule has 0 radical (unpaired) electrons. The molecule has 0 saturated carbocycles. The van der Waals surface area contributed by atoms with Crippen molar-refractivity contribution >= 4 is 36.3 Å². The Kier molecular flexibility index (Phi) is 11.7. The molecule has 31 heavy (non-hydrogen) atoms. The van der Waals surface area contributed by atoms with Crippen molar-refractivity contribution in [3.05, 3.63) is 35.9 Å². The molecular formula is C22H35N3O4S2. The normalized spacial score (nSPS) is 17.3. The molecule has 1 saturated heterocycles. The number of hydrogen-bond donors (Lipinski definition) is 3. The second-order valence-corrected chi connectivity index (χ2v) is 9.17. The van der Waals surface area contributed by atoms with Gasteiger partial charge in [-0.25, -0.2) is 9.86 Å². The lowest BCUT2D eigenvalue weighted by Gasteiger charge is -2.36. The number of nitrogens with zero attached hydrogens (tertiary/aromatic N) is 2. The highest BCUT2D eigenvalue weighted by Gasteiger charge is 2.35. The minimum absolute atomic E-state index is 0.179. The van der Waals surface area contributed by atoms with Crippen LogP contribution in [0, 0.1) is 0 Å². The molecule has 1 amide bonds. The van der Waals surface area contributed by atoms with Gasteiger partial charge < -0.3 is 10.8 Å². The van der Waals surface area contributed by atoms with Gasteiger partial charge in [-0.1, -0.05) is 30.3 Å². The molecule has 9 heteroatoms. The fourth-order valence-electron chi connectivity index (χ4n) is 3.64. The molecule has 2 rings (SSSR count). The maximum absolute atomic E-state index is 13.2. The van der Waals surface area contributed by atoms with E-state index in [1.807, 2.05) is 36.6 Å². The zero-order valence-corrected chi connectivity index (χ0v) is 19.9. The van der Waals surface area contributed by atoms with Crippen LogP contribution < -0.4 is 5.73 Å². The number of aryl methyl sites for hydroxylation is 1. The Hall–Kier alpha value is -1.26. The van der Waals surface area contributed by atoms with E-state index in [-0.39, 0.29) is 18.4 Å². The van der Waals surface area contributed by atoms with Gasteiger partial charge >= 0.3 is 5.97 Å². The second-order valence-electron chi connectivity index (χ2n) is 7.82. The predicted octanol–water partition coefficient (Wildman–Crippen LogP) is 2.65. The molecule has 1 aromatic carbocycles. The Balaban J connectivity index is 2.20. The van der Waals surface area contributed by atoms with E-state index in [0.717, 1.165) is 36.6 Å². The maximum atomic E-state index is 13.2. The van der Waals surface area contributed by atoms with Crippen LogP contribution >= 0.6 is 24.4 Å². The maximum Gasteiger partial charge on any atom is 0.329 e. The Labute approximate surface area is 195 Å². The summed E-state index contributed by atoms with van der Waals surface area (Å²) in [5.74, 6) is -0.264. The summed E-state index contributed by atoms with van der Waals surface area (Å²) in [5, 5.41) is 11.0. The Morgan fingerprint density at radius 3 is 2.55 bits per heavy atom. The van der Waals surface area contributed by atoms with Crippen molar-refractivity contribution in [2.24, 2.45) is 5.73 Å². The fourth-order valence-corrected chi connectivity index (χ4v) is 4.24. The first-order valence-corrected chi connectivity index (χ1v) is 12.8. The van der Waals surface area contributed by atoms with Gasteiger partial charge in [0.25, 0.3) is 0 Å². The molecule has 1 heterocycles. The van der Waals surface area contributed by atoms with Gasteiger partial charge in [-0.15, -0.1) is 0 Å². The average molecular weight is 470 g/mol. The Morgan fingerprint density at radius 2 is 1.97 bits per heavy atom. The lowest BCUT2D eigenvalue weighted by Crippen LogP contribution is -2.51. The van der Waals surface area contributed by atoms with Crippen molar-refractivity contribution in [1.82, 2.24) is 9.96 Å². The Morgan fingerprint density at radius 1 is 1.29 bits per heavy atom. The molecule has 0 spiro atoms. The van der Waals surface area contributed by atoms with Crippen LogP contribution in [0.5, 0.6) is 0 Å². The van der Waals surface area contributed by atoms with Gasteiger partial charge in [-0.3, -0.25) is 14.5 Å². The van der Waals surface area contributed by atoms with Gasteiger partial charge in [-0.2, -0.15) is 24.4 Å². The highest BCUT2D eigenvalue weighted by Crippen LogP contribution is 2.21. The molecule has 3 N–H and O–H groups in total. The second kappa shape index (κ2) is 14.0. The van der Waals surface area contributed by atoms with E-state index in [1.54, 1.807) is 11.8 Å². The Bertz CT molecular complexity index is 674. The highest BCUT2D eigenvalue weighted by atomic mass is 32.2. The van der Waals surface area contributed by atoms with Crippen LogP contribution in [-0.4, -0.2) is 76.1 Å². The van der Waals surface area contributed by atoms with Crippen LogP contribution in [0.1, 0.15) is 37.7 Å². The number of nitrogens with two attached hydrogens (primary N) is 1. The van der Waals surface area contributed by atoms with Gasteiger partial charge in [0.15, 0.2) is 6.04 Å². The lowest BCUT2D eigenvalue weighted by molar-refractivity contribution is -0.251. The van der Waals surface area contributed by atoms with Gasteiger partial charge in [0.05, 0.1) is 0 Å². The van der Waals surface area contributed by atoms with Crippen LogP contribution in [0.4, 0.5) is 0 Å². The highest BCUT2D eigenvalue weighted by molar-refractivity contribution is 7.98. The van der Waals surface area contributed by atoms with E-state index in [4.69, 9.17) is 10.6 Å². The molecule has 0 bridgehead atoms. The summed E-state index contributed by atoms with van der Waals surface area (Å²) >= 11 is 5.83. The zero-order valence-electron chi connectivity index (χ0n) is 18.2. The fraction of sp³-hybridized carbons (Fsp3) is 0.636. The summed E-state index contributed by atoms with van der Waals surface area (Å²) in [5.41, 5.74) is 7.17. The number of hydroxylamine groups is 2. The number of thioether (sulfide) groups is 1. The van der Waals surface area contributed by atoms with E-state index in [1.165, 1.54) is 0 Å². The molecular weight excluding hydrogens is 434 g/mol. The summed E-state index contributed by atoms with van der Waals surface area (Å²) in [6, 6.07) is 8.45. The number of carbonyl (C=O) groups excluding carboxylic acids is 1. The number of likely N-dealkylation sites (tertiary alicyclic amines) is 1. The summed E-state index contributed by atoms with van der Waals surface area (Å²) < 4.78 is 0. The van der Waals surface area contributed by atoms with Crippen molar-refractivity contribution < 1.29 is 19.5 Å². The first-order chi connectivity index (χ1) is 15.0. The smallest absolute Gasteiger partial charge is 0.329 e. The molecule has 7 nitrogen and oxygen atoms in total. The van der Waals surface area contributed by atoms with Crippen molar-refractivity contribution in [1.29, 1.82) is 0 Å². The zero-order chi connectivity index (χ0) is 22.6. The van der Waals surface area contributed by atoms with Crippen molar-refractivity contribution in [2.75, 3.05) is 30.9 Å². The van der Waals surface area contributed by atoms with Crippen molar-refractivity contribution in [2.45, 2.75) is 56.8 Å². The lowest BCUT2D eigenvalue weighted by atomic mass is 10.1. The average Bonchev–Trinajstić information content (AvgIpc) is 3.31. The monoisotopic (exact) mass is 469 g/mol. The van der Waals surface area contributed by atoms with Gasteiger partial charge in [-0.05, 0) is 43.3 Å². The molecule has 3 atom stereocenters. The molecule has 1 aliphatic heterocycles. The first kappa shape index (κ1) is 26.0. The summed E-state index contributed by atoms with van der Waals surface area (Å²) in [6.45, 7) is 1.69. The van der Waals surface area contributed by atoms with E-state index in [9.17, 15) is 14.7 Å². The third-order valence-electron chi connectivity index (χ3n) is 5.40. The minimum atomic E-state index is -1.05. The topological polar surface area (TPSA) is 96.1 Å². The summed E-state index contributed by atoms with van der Waals surface area (Å²) in [6.07, 6.45) is 5.08. The minimum Gasteiger partial charge on any atom is -0.480 e. The number of rotatable bonds is 14. The van der Waals surface area contributed by atoms with Crippen molar-refractivity contribution in [3.8, 4) is 0 Å². The molecule has 0 aliphatic carbocycles. The van der Waals surface area contributed by atoms with E-state index < -0.39 is 18.2 Å².